The predicted octanol–water partition coefficient (Wildman–Crippen LogP) is 2.67. The highest BCUT2D eigenvalue weighted by Gasteiger charge is 2.17. The molecule has 0 unspecified atom stereocenters. The van der Waals surface area contributed by atoms with Crippen molar-refractivity contribution >= 4 is 18.0 Å². The number of amides is 1. The molecular formula is C20H30N2O7. The number of carbonyl (C=O) groups excluding carboxylic acids is 3. The van der Waals surface area contributed by atoms with E-state index in [0.29, 0.717) is 19.8 Å². The van der Waals surface area contributed by atoms with Crippen molar-refractivity contribution in [3.63, 3.8) is 0 Å². The highest BCUT2D eigenvalue weighted by atomic mass is 16.6. The summed E-state index contributed by atoms with van der Waals surface area (Å²) in [4.78, 5) is 38.1. The third kappa shape index (κ3) is 9.91. The van der Waals surface area contributed by atoms with E-state index in [4.69, 9.17) is 18.9 Å². The summed E-state index contributed by atoms with van der Waals surface area (Å²) < 4.78 is 21.0. The lowest BCUT2D eigenvalue weighted by Crippen LogP contribution is -2.38. The first kappa shape index (κ1) is 24.4. The highest BCUT2D eigenvalue weighted by Crippen LogP contribution is 2.32. The summed E-state index contributed by atoms with van der Waals surface area (Å²) in [5.41, 5.74) is -0.239. The van der Waals surface area contributed by atoms with Gasteiger partial charge in [-0.2, -0.15) is 0 Å². The Balaban J connectivity index is 2.67. The van der Waals surface area contributed by atoms with Crippen molar-refractivity contribution in [2.45, 2.75) is 40.2 Å². The summed E-state index contributed by atoms with van der Waals surface area (Å²) >= 11 is 0. The van der Waals surface area contributed by atoms with E-state index in [1.807, 2.05) is 32.7 Å². The molecule has 9 nitrogen and oxygen atoms in total. The maximum atomic E-state index is 12.3. The van der Waals surface area contributed by atoms with Crippen molar-refractivity contribution in [2.75, 3.05) is 33.9 Å². The fourth-order valence-electron chi connectivity index (χ4n) is 1.98. The molecule has 1 aromatic carbocycles. The zero-order chi connectivity index (χ0) is 22.2. The maximum Gasteiger partial charge on any atom is 0.415 e. The average Bonchev–Trinajstić information content (AvgIpc) is 2.58. The Morgan fingerprint density at radius 3 is 2.03 bits per heavy atom. The van der Waals surface area contributed by atoms with Gasteiger partial charge in [-0.15, -0.1) is 0 Å². The zero-order valence-corrected chi connectivity index (χ0v) is 18.1. The molecule has 1 aromatic rings. The smallest absolute Gasteiger partial charge is 0.415 e. The SMILES string of the molecule is CC(=O)Oc1ccc(OC(=O)N(C)CCN(C)COC(C)(C)C)cc1OC(C)=O. The van der Waals surface area contributed by atoms with E-state index in [9.17, 15) is 14.4 Å². The number of benzene rings is 1. The molecule has 0 spiro atoms. The number of hydrogen-bond donors (Lipinski definition) is 0. The van der Waals surface area contributed by atoms with Crippen molar-refractivity contribution in [1.82, 2.24) is 9.80 Å². The van der Waals surface area contributed by atoms with Crippen molar-refractivity contribution < 1.29 is 33.3 Å². The maximum absolute atomic E-state index is 12.3. The quantitative estimate of drug-likeness (QED) is 0.367. The number of carbonyl (C=O) groups is 3. The number of esters is 2. The minimum atomic E-state index is -0.598. The van der Waals surface area contributed by atoms with Crippen molar-refractivity contribution in [1.29, 1.82) is 0 Å². The second-order valence-electron chi connectivity index (χ2n) is 7.55. The van der Waals surface area contributed by atoms with E-state index >= 15 is 0 Å². The lowest BCUT2D eigenvalue weighted by Gasteiger charge is -2.26. The fourth-order valence-corrected chi connectivity index (χ4v) is 1.98. The second kappa shape index (κ2) is 10.8. The molecule has 0 bridgehead atoms. The Kier molecular flexibility index (Phi) is 9.06. The van der Waals surface area contributed by atoms with Crippen LogP contribution in [0.2, 0.25) is 0 Å². The molecule has 0 aliphatic heterocycles. The molecule has 0 radical (unpaired) electrons. The lowest BCUT2D eigenvalue weighted by molar-refractivity contribution is -0.134. The van der Waals surface area contributed by atoms with Gasteiger partial charge in [0, 0.05) is 40.1 Å². The predicted molar refractivity (Wildman–Crippen MR) is 106 cm³/mol. The van der Waals surface area contributed by atoms with E-state index in [2.05, 4.69) is 0 Å². The molecule has 0 fully saturated rings. The van der Waals surface area contributed by atoms with Crippen LogP contribution >= 0.6 is 0 Å². The lowest BCUT2D eigenvalue weighted by atomic mass is 10.2. The van der Waals surface area contributed by atoms with Crippen LogP contribution in [0.25, 0.3) is 0 Å². The van der Waals surface area contributed by atoms with Gasteiger partial charge in [-0.3, -0.25) is 14.5 Å². The van der Waals surface area contributed by atoms with E-state index in [1.165, 1.54) is 36.9 Å². The largest absolute Gasteiger partial charge is 0.423 e. The third-order valence-electron chi connectivity index (χ3n) is 3.47. The summed E-state index contributed by atoms with van der Waals surface area (Å²) in [6.07, 6.45) is -0.579. The summed E-state index contributed by atoms with van der Waals surface area (Å²) in [7, 11) is 3.50. The van der Waals surface area contributed by atoms with Gasteiger partial charge in [-0.25, -0.2) is 4.79 Å². The Hall–Kier alpha value is -2.65. The molecule has 1 amide bonds. The first-order valence-electron chi connectivity index (χ1n) is 9.13. The summed E-state index contributed by atoms with van der Waals surface area (Å²) in [5, 5.41) is 0. The average molecular weight is 410 g/mol. The van der Waals surface area contributed by atoms with E-state index in [0.717, 1.165) is 0 Å². The summed E-state index contributed by atoms with van der Waals surface area (Å²) in [6.45, 7) is 9.81. The van der Waals surface area contributed by atoms with Crippen LogP contribution in [0.3, 0.4) is 0 Å². The molecule has 162 valence electrons. The van der Waals surface area contributed by atoms with E-state index in [1.54, 1.807) is 7.05 Å². The van der Waals surface area contributed by atoms with E-state index in [-0.39, 0.29) is 22.8 Å². The van der Waals surface area contributed by atoms with Gasteiger partial charge < -0.3 is 23.8 Å². The fraction of sp³-hybridized carbons (Fsp3) is 0.550. The molecule has 0 saturated carbocycles. The number of rotatable bonds is 8. The van der Waals surface area contributed by atoms with E-state index < -0.39 is 18.0 Å². The van der Waals surface area contributed by atoms with Gasteiger partial charge in [0.05, 0.1) is 12.3 Å². The number of hydrogen-bond acceptors (Lipinski definition) is 8. The van der Waals surface area contributed by atoms with Crippen molar-refractivity contribution in [3.05, 3.63) is 18.2 Å². The van der Waals surface area contributed by atoms with Crippen LogP contribution in [0.15, 0.2) is 18.2 Å². The van der Waals surface area contributed by atoms with Crippen LogP contribution in [0.4, 0.5) is 4.79 Å². The van der Waals surface area contributed by atoms with Gasteiger partial charge in [0.2, 0.25) is 0 Å². The third-order valence-corrected chi connectivity index (χ3v) is 3.47. The Labute approximate surface area is 171 Å². The molecule has 0 N–H and O–H groups in total. The molecule has 0 aliphatic carbocycles. The molecule has 0 aliphatic rings. The topological polar surface area (TPSA) is 94.6 Å². The number of nitrogens with zero attached hydrogens (tertiary/aromatic N) is 2. The molecule has 0 saturated heterocycles. The first-order valence-corrected chi connectivity index (χ1v) is 9.13. The minimum absolute atomic E-state index is 0.0142. The minimum Gasteiger partial charge on any atom is -0.423 e. The van der Waals surface area contributed by atoms with Gasteiger partial charge in [-0.1, -0.05) is 0 Å². The zero-order valence-electron chi connectivity index (χ0n) is 18.1. The van der Waals surface area contributed by atoms with Crippen molar-refractivity contribution in [3.8, 4) is 17.2 Å². The van der Waals surface area contributed by atoms with Gasteiger partial charge in [-0.05, 0) is 40.0 Å². The van der Waals surface area contributed by atoms with Gasteiger partial charge >= 0.3 is 18.0 Å². The van der Waals surface area contributed by atoms with Crippen LogP contribution in [-0.2, 0) is 14.3 Å². The molecular weight excluding hydrogens is 380 g/mol. The van der Waals surface area contributed by atoms with Crippen LogP contribution in [0.5, 0.6) is 17.2 Å². The summed E-state index contributed by atoms with van der Waals surface area (Å²) in [5.74, 6) is -0.971. The van der Waals surface area contributed by atoms with Crippen LogP contribution in [0.1, 0.15) is 34.6 Å². The second-order valence-corrected chi connectivity index (χ2v) is 7.55. The number of likely N-dealkylation sites (N-methyl/N-ethyl adjacent to an activating group) is 2. The van der Waals surface area contributed by atoms with Gasteiger partial charge in [0.1, 0.15) is 5.75 Å². The molecule has 0 atom stereocenters. The van der Waals surface area contributed by atoms with Crippen LogP contribution in [-0.4, -0.2) is 67.3 Å². The Morgan fingerprint density at radius 2 is 1.48 bits per heavy atom. The highest BCUT2D eigenvalue weighted by molar-refractivity contribution is 5.75. The van der Waals surface area contributed by atoms with Gasteiger partial charge in [0.25, 0.3) is 0 Å². The normalized spacial score (nSPS) is 11.2. The monoisotopic (exact) mass is 410 g/mol. The molecule has 0 aromatic heterocycles. The first-order chi connectivity index (χ1) is 13.4. The van der Waals surface area contributed by atoms with Crippen LogP contribution in [0, 0.1) is 0 Å². The van der Waals surface area contributed by atoms with Gasteiger partial charge in [0.15, 0.2) is 11.5 Å². The number of ether oxygens (including phenoxy) is 4. The standard InChI is InChI=1S/C20H30N2O7/c1-14(23)27-17-9-8-16(12-18(17)28-15(2)24)29-19(25)22(7)11-10-21(6)13-26-20(3,4)5/h8-9,12H,10-11,13H2,1-7H3. The Morgan fingerprint density at radius 1 is 0.897 bits per heavy atom. The molecule has 29 heavy (non-hydrogen) atoms. The van der Waals surface area contributed by atoms with Crippen molar-refractivity contribution in [2.24, 2.45) is 0 Å². The molecule has 1 rings (SSSR count). The molecule has 0 heterocycles. The molecule has 9 heteroatoms. The van der Waals surface area contributed by atoms with Crippen LogP contribution < -0.4 is 14.2 Å². The Bertz CT molecular complexity index is 728. The summed E-state index contributed by atoms with van der Waals surface area (Å²) in [6, 6.07) is 4.15.